The lowest BCUT2D eigenvalue weighted by atomic mass is 10.1. The fourth-order valence-electron chi connectivity index (χ4n) is 2.80. The van der Waals surface area contributed by atoms with Crippen LogP contribution in [0, 0.1) is 0 Å². The van der Waals surface area contributed by atoms with Crippen molar-refractivity contribution in [2.75, 3.05) is 20.1 Å². The van der Waals surface area contributed by atoms with Crippen LogP contribution < -0.4 is 18.9 Å². The molecule has 1 unspecified atom stereocenters. The summed E-state index contributed by atoms with van der Waals surface area (Å²) in [4.78, 5) is 25.3. The molecule has 3 rings (SSSR count). The average Bonchev–Trinajstić information content (AvgIpc) is 2.84. The van der Waals surface area contributed by atoms with E-state index in [1.807, 2.05) is 0 Å². The van der Waals surface area contributed by atoms with Crippen molar-refractivity contribution >= 4 is 23.5 Å². The van der Waals surface area contributed by atoms with Crippen molar-refractivity contribution in [3.05, 3.63) is 83.4 Å². The van der Waals surface area contributed by atoms with Crippen molar-refractivity contribution < 1.29 is 33.6 Å². The third-order valence-electron chi connectivity index (χ3n) is 4.51. The van der Waals surface area contributed by atoms with Crippen LogP contribution in [0.1, 0.15) is 32.4 Å². The Morgan fingerprint density at radius 2 is 1.34 bits per heavy atom. The maximum atomic E-state index is 12.7. The predicted molar refractivity (Wildman–Crippen MR) is 118 cm³/mol. The largest absolute Gasteiger partial charge is 0.497 e. The summed E-state index contributed by atoms with van der Waals surface area (Å²) in [5.74, 6) is -0.504. The van der Waals surface area contributed by atoms with E-state index in [0.29, 0.717) is 17.1 Å². The lowest BCUT2D eigenvalue weighted by molar-refractivity contribution is 0.0681. The first kappa shape index (κ1) is 23.1. The molecule has 3 aromatic carbocycles. The maximum Gasteiger partial charge on any atom is 0.343 e. The number of ether oxygens (including phenoxy) is 4. The van der Waals surface area contributed by atoms with Crippen LogP contribution in [0.25, 0.3) is 0 Å². The number of hydrogen-bond donors (Lipinski definition) is 1. The molecule has 0 fully saturated rings. The number of benzene rings is 3. The molecule has 8 heteroatoms. The van der Waals surface area contributed by atoms with Crippen molar-refractivity contribution in [2.45, 2.75) is 6.10 Å². The summed E-state index contributed by atoms with van der Waals surface area (Å²) >= 11 is 5.74. The van der Waals surface area contributed by atoms with E-state index in [4.69, 9.17) is 30.5 Å². The molecule has 0 aliphatic heterocycles. The Labute approximate surface area is 190 Å². The Hall–Kier alpha value is -3.55. The van der Waals surface area contributed by atoms with Gasteiger partial charge < -0.3 is 24.1 Å². The molecule has 0 aromatic heterocycles. The molecule has 0 bridgehead atoms. The van der Waals surface area contributed by atoms with Crippen LogP contribution in [0.3, 0.4) is 0 Å². The molecule has 32 heavy (non-hydrogen) atoms. The highest BCUT2D eigenvalue weighted by Crippen LogP contribution is 2.33. The van der Waals surface area contributed by atoms with Crippen LogP contribution in [-0.4, -0.2) is 37.1 Å². The molecule has 0 radical (unpaired) electrons. The summed E-state index contributed by atoms with van der Waals surface area (Å²) in [5, 5.41) is 10.1. The number of rotatable bonds is 8. The molecule has 0 saturated carbocycles. The van der Waals surface area contributed by atoms with Crippen molar-refractivity contribution in [3.63, 3.8) is 0 Å². The van der Waals surface area contributed by atoms with E-state index in [0.717, 1.165) is 0 Å². The molecule has 0 heterocycles. The smallest absolute Gasteiger partial charge is 0.343 e. The summed E-state index contributed by atoms with van der Waals surface area (Å²) in [6.45, 7) is 0. The van der Waals surface area contributed by atoms with Crippen molar-refractivity contribution in [3.8, 4) is 23.0 Å². The second kappa shape index (κ2) is 10.7. The monoisotopic (exact) mass is 456 g/mol. The van der Waals surface area contributed by atoms with Gasteiger partial charge in [-0.25, -0.2) is 9.59 Å². The zero-order valence-electron chi connectivity index (χ0n) is 17.4. The van der Waals surface area contributed by atoms with E-state index in [1.54, 1.807) is 36.4 Å². The summed E-state index contributed by atoms with van der Waals surface area (Å²) < 4.78 is 21.2. The van der Waals surface area contributed by atoms with Gasteiger partial charge in [-0.3, -0.25) is 0 Å². The van der Waals surface area contributed by atoms with Gasteiger partial charge >= 0.3 is 11.9 Å². The van der Waals surface area contributed by atoms with Gasteiger partial charge in [0.25, 0.3) is 0 Å². The van der Waals surface area contributed by atoms with Gasteiger partial charge in [-0.05, 0) is 54.1 Å². The first-order valence-corrected chi connectivity index (χ1v) is 10.1. The number of methoxy groups -OCH3 is 2. The minimum Gasteiger partial charge on any atom is -0.497 e. The van der Waals surface area contributed by atoms with Gasteiger partial charge in [0.15, 0.2) is 11.5 Å². The maximum absolute atomic E-state index is 12.7. The molecular formula is C24H21ClO7. The van der Waals surface area contributed by atoms with Crippen LogP contribution in [-0.2, 0) is 0 Å². The van der Waals surface area contributed by atoms with Gasteiger partial charge in [-0.2, -0.15) is 0 Å². The number of carbonyl (C=O) groups excluding carboxylic acids is 2. The molecule has 166 valence electrons. The van der Waals surface area contributed by atoms with Crippen molar-refractivity contribution in [1.29, 1.82) is 0 Å². The van der Waals surface area contributed by atoms with Crippen LogP contribution in [0.2, 0.25) is 0 Å². The van der Waals surface area contributed by atoms with E-state index in [2.05, 4.69) is 0 Å². The minimum atomic E-state index is -0.992. The van der Waals surface area contributed by atoms with Crippen molar-refractivity contribution in [2.24, 2.45) is 0 Å². The Morgan fingerprint density at radius 3 is 1.84 bits per heavy atom. The molecule has 3 aromatic rings. The third-order valence-corrected chi connectivity index (χ3v) is 4.81. The second-order valence-corrected chi connectivity index (χ2v) is 6.93. The second-order valence-electron chi connectivity index (χ2n) is 6.62. The SMILES string of the molecule is COc1cccc(C(=O)Oc2ccc(C(O)CCl)cc2OC(=O)c2cccc(OC)c2)c1. The van der Waals surface area contributed by atoms with Gasteiger partial charge in [0.1, 0.15) is 11.5 Å². The van der Waals surface area contributed by atoms with E-state index in [9.17, 15) is 14.7 Å². The molecule has 0 amide bonds. The number of halogens is 1. The van der Waals surface area contributed by atoms with E-state index in [-0.39, 0.29) is 28.5 Å². The van der Waals surface area contributed by atoms with Gasteiger partial charge in [0.2, 0.25) is 0 Å². The van der Waals surface area contributed by atoms with Gasteiger partial charge in [-0.1, -0.05) is 18.2 Å². The molecule has 7 nitrogen and oxygen atoms in total. The first-order chi connectivity index (χ1) is 15.4. The van der Waals surface area contributed by atoms with Gasteiger partial charge in [0, 0.05) is 0 Å². The highest BCUT2D eigenvalue weighted by atomic mass is 35.5. The van der Waals surface area contributed by atoms with Gasteiger partial charge in [-0.15, -0.1) is 11.6 Å². The normalized spacial score (nSPS) is 11.4. The molecule has 1 N–H and O–H groups in total. The number of hydrogen-bond acceptors (Lipinski definition) is 7. The number of esters is 2. The standard InChI is InChI=1S/C24H21ClO7/c1-29-18-7-3-5-16(11-18)23(27)31-21-10-9-15(20(26)14-25)13-22(21)32-24(28)17-6-4-8-19(12-17)30-2/h3-13,20,26H,14H2,1-2H3. The summed E-state index contributed by atoms with van der Waals surface area (Å²) in [5.41, 5.74) is 0.881. The van der Waals surface area contributed by atoms with E-state index < -0.39 is 18.0 Å². The van der Waals surface area contributed by atoms with Crippen molar-refractivity contribution in [1.82, 2.24) is 0 Å². The topological polar surface area (TPSA) is 91.3 Å². The fourth-order valence-corrected chi connectivity index (χ4v) is 2.98. The summed E-state index contributed by atoms with van der Waals surface area (Å²) in [7, 11) is 2.97. The van der Waals surface area contributed by atoms with E-state index >= 15 is 0 Å². The Kier molecular flexibility index (Phi) is 7.70. The molecule has 0 spiro atoms. The number of alkyl halides is 1. The molecule has 0 aliphatic carbocycles. The molecule has 0 saturated heterocycles. The average molecular weight is 457 g/mol. The zero-order valence-corrected chi connectivity index (χ0v) is 18.2. The Balaban J connectivity index is 1.91. The zero-order chi connectivity index (χ0) is 23.1. The van der Waals surface area contributed by atoms with Gasteiger partial charge in [0.05, 0.1) is 37.3 Å². The fraction of sp³-hybridized carbons (Fsp3) is 0.167. The Morgan fingerprint density at radius 1 is 0.812 bits per heavy atom. The third kappa shape index (κ3) is 5.57. The number of aliphatic hydroxyl groups is 1. The predicted octanol–water partition coefficient (Wildman–Crippen LogP) is 4.41. The lowest BCUT2D eigenvalue weighted by Crippen LogP contribution is -2.13. The first-order valence-electron chi connectivity index (χ1n) is 9.55. The minimum absolute atomic E-state index is 0.000381. The van der Waals surface area contributed by atoms with Crippen LogP contribution in [0.5, 0.6) is 23.0 Å². The number of aliphatic hydroxyl groups excluding tert-OH is 1. The lowest BCUT2D eigenvalue weighted by Gasteiger charge is -2.14. The highest BCUT2D eigenvalue weighted by molar-refractivity contribution is 6.18. The molecule has 0 aliphatic rings. The summed E-state index contributed by atoms with van der Waals surface area (Å²) in [6, 6.07) is 17.2. The summed E-state index contributed by atoms with van der Waals surface area (Å²) in [6.07, 6.45) is -0.992. The number of carbonyl (C=O) groups is 2. The Bertz CT molecular complexity index is 1110. The van der Waals surface area contributed by atoms with Crippen LogP contribution in [0.15, 0.2) is 66.7 Å². The van der Waals surface area contributed by atoms with Crippen LogP contribution in [0.4, 0.5) is 0 Å². The van der Waals surface area contributed by atoms with E-state index in [1.165, 1.54) is 44.6 Å². The highest BCUT2D eigenvalue weighted by Gasteiger charge is 2.19. The quantitative estimate of drug-likeness (QED) is 0.305. The van der Waals surface area contributed by atoms with Crippen LogP contribution >= 0.6 is 11.6 Å². The molecule has 1 atom stereocenters. The molecular weight excluding hydrogens is 436 g/mol.